The van der Waals surface area contributed by atoms with Gasteiger partial charge in [0.2, 0.25) is 5.89 Å². The molecule has 18 heavy (non-hydrogen) atoms. The van der Waals surface area contributed by atoms with Crippen molar-refractivity contribution in [2.45, 2.75) is 39.8 Å². The first-order valence-corrected chi connectivity index (χ1v) is 6.43. The van der Waals surface area contributed by atoms with Crippen molar-refractivity contribution in [1.82, 2.24) is 20.0 Å². The van der Waals surface area contributed by atoms with E-state index in [9.17, 15) is 0 Å². The van der Waals surface area contributed by atoms with Gasteiger partial charge in [0.05, 0.1) is 0 Å². The van der Waals surface area contributed by atoms with Crippen molar-refractivity contribution >= 4 is 0 Å². The highest BCUT2D eigenvalue weighted by Gasteiger charge is 2.03. The van der Waals surface area contributed by atoms with E-state index in [1.165, 1.54) is 5.69 Å². The molecule has 98 valence electrons. The lowest BCUT2D eigenvalue weighted by Crippen LogP contribution is -2.19. The fraction of sp³-hybridized carbons (Fsp3) is 0.538. The Labute approximate surface area is 107 Å². The molecule has 5 nitrogen and oxygen atoms in total. The maximum absolute atomic E-state index is 5.06. The third kappa shape index (κ3) is 3.43. The summed E-state index contributed by atoms with van der Waals surface area (Å²) in [4.78, 5) is 4.17. The van der Waals surface area contributed by atoms with Crippen molar-refractivity contribution in [3.8, 4) is 0 Å². The molecule has 0 bridgehead atoms. The van der Waals surface area contributed by atoms with Crippen LogP contribution in [-0.2, 0) is 19.5 Å². The largest absolute Gasteiger partial charge is 0.350 e. The number of hydrogen-bond acceptors (Lipinski definition) is 4. The predicted molar refractivity (Wildman–Crippen MR) is 69.2 cm³/mol. The van der Waals surface area contributed by atoms with Gasteiger partial charge < -0.3 is 14.4 Å². The summed E-state index contributed by atoms with van der Waals surface area (Å²) in [5, 5.41) is 7.16. The first-order valence-electron chi connectivity index (χ1n) is 6.43. The minimum atomic E-state index is 0.696. The molecule has 2 aromatic heterocycles. The highest BCUT2D eigenvalue weighted by Crippen LogP contribution is 2.03. The average Bonchev–Trinajstić information content (AvgIpc) is 2.95. The third-order valence-electron chi connectivity index (χ3n) is 2.78. The summed E-state index contributed by atoms with van der Waals surface area (Å²) >= 11 is 0. The monoisotopic (exact) mass is 248 g/mol. The van der Waals surface area contributed by atoms with Crippen LogP contribution in [0.4, 0.5) is 0 Å². The van der Waals surface area contributed by atoms with Gasteiger partial charge in [-0.25, -0.2) is 0 Å². The fourth-order valence-electron chi connectivity index (χ4n) is 1.92. The molecule has 5 heteroatoms. The Morgan fingerprint density at radius 2 is 2.33 bits per heavy atom. The third-order valence-corrected chi connectivity index (χ3v) is 2.78. The molecule has 0 atom stereocenters. The molecule has 0 saturated carbocycles. The van der Waals surface area contributed by atoms with E-state index < -0.39 is 0 Å². The van der Waals surface area contributed by atoms with E-state index in [0.717, 1.165) is 32.5 Å². The summed E-state index contributed by atoms with van der Waals surface area (Å²) in [5.74, 6) is 1.39. The van der Waals surface area contributed by atoms with Gasteiger partial charge in [-0.15, -0.1) is 0 Å². The minimum Gasteiger partial charge on any atom is -0.350 e. The number of aryl methyl sites for hydroxylation is 2. The smallest absolute Gasteiger partial charge is 0.227 e. The summed E-state index contributed by atoms with van der Waals surface area (Å²) in [6, 6.07) is 4.24. The molecule has 2 aromatic rings. The van der Waals surface area contributed by atoms with Crippen molar-refractivity contribution in [3.63, 3.8) is 0 Å². The fourth-order valence-corrected chi connectivity index (χ4v) is 1.92. The van der Waals surface area contributed by atoms with E-state index in [1.54, 1.807) is 0 Å². The molecule has 1 N–H and O–H groups in total. The summed E-state index contributed by atoms with van der Waals surface area (Å²) in [7, 11) is 0. The second kappa shape index (κ2) is 6.35. The zero-order valence-corrected chi connectivity index (χ0v) is 11.0. The maximum Gasteiger partial charge on any atom is 0.227 e. The quantitative estimate of drug-likeness (QED) is 0.761. The molecule has 0 radical (unpaired) electrons. The van der Waals surface area contributed by atoms with E-state index in [2.05, 4.69) is 45.3 Å². The van der Waals surface area contributed by atoms with Crippen LogP contribution in [0.3, 0.4) is 0 Å². The van der Waals surface area contributed by atoms with E-state index in [1.807, 2.05) is 6.92 Å². The molecule has 0 aromatic carbocycles. The Bertz CT molecular complexity index is 475. The molecule has 2 rings (SSSR count). The van der Waals surface area contributed by atoms with E-state index in [4.69, 9.17) is 4.52 Å². The van der Waals surface area contributed by atoms with Gasteiger partial charge in [0.15, 0.2) is 5.82 Å². The van der Waals surface area contributed by atoms with Crippen molar-refractivity contribution in [2.24, 2.45) is 0 Å². The highest BCUT2D eigenvalue weighted by atomic mass is 16.5. The summed E-state index contributed by atoms with van der Waals surface area (Å²) in [6.45, 7) is 6.82. The van der Waals surface area contributed by atoms with Crippen molar-refractivity contribution in [2.75, 3.05) is 6.54 Å². The number of aromatic nitrogens is 3. The standard InChI is InChI=1S/C13H20N4O/c1-3-8-17-9-4-5-12(17)10-14-7-6-13-15-11(2)16-18-13/h4-5,9,14H,3,6-8,10H2,1-2H3. The van der Waals surface area contributed by atoms with Crippen LogP contribution in [0.1, 0.15) is 30.8 Å². The van der Waals surface area contributed by atoms with Crippen LogP contribution in [0.15, 0.2) is 22.9 Å². The molecule has 0 aliphatic carbocycles. The molecular formula is C13H20N4O. The van der Waals surface area contributed by atoms with Crippen molar-refractivity contribution in [1.29, 1.82) is 0 Å². The molecule has 0 aliphatic heterocycles. The van der Waals surface area contributed by atoms with Gasteiger partial charge >= 0.3 is 0 Å². The molecule has 0 amide bonds. The molecule has 0 aliphatic rings. The Morgan fingerprint density at radius 3 is 3.06 bits per heavy atom. The number of hydrogen-bond donors (Lipinski definition) is 1. The van der Waals surface area contributed by atoms with Crippen LogP contribution in [0.5, 0.6) is 0 Å². The van der Waals surface area contributed by atoms with E-state index in [-0.39, 0.29) is 0 Å². The Kier molecular flexibility index (Phi) is 4.52. The van der Waals surface area contributed by atoms with Gasteiger partial charge in [-0.3, -0.25) is 0 Å². The minimum absolute atomic E-state index is 0.696. The van der Waals surface area contributed by atoms with Gasteiger partial charge in [0, 0.05) is 37.9 Å². The van der Waals surface area contributed by atoms with Crippen molar-refractivity contribution in [3.05, 3.63) is 35.7 Å². The Morgan fingerprint density at radius 1 is 1.44 bits per heavy atom. The first-order chi connectivity index (χ1) is 8.79. The zero-order valence-electron chi connectivity index (χ0n) is 11.0. The summed E-state index contributed by atoms with van der Waals surface area (Å²) in [6.07, 6.45) is 4.06. The molecular weight excluding hydrogens is 228 g/mol. The van der Waals surface area contributed by atoms with Crippen LogP contribution in [0.2, 0.25) is 0 Å². The lowest BCUT2D eigenvalue weighted by molar-refractivity contribution is 0.372. The van der Waals surface area contributed by atoms with Crippen LogP contribution < -0.4 is 5.32 Å². The summed E-state index contributed by atoms with van der Waals surface area (Å²) < 4.78 is 7.34. The van der Waals surface area contributed by atoms with Crippen LogP contribution in [0, 0.1) is 6.92 Å². The van der Waals surface area contributed by atoms with Gasteiger partial charge in [0.1, 0.15) is 0 Å². The molecule has 2 heterocycles. The number of rotatable bonds is 7. The first kappa shape index (κ1) is 12.8. The van der Waals surface area contributed by atoms with E-state index in [0.29, 0.717) is 11.7 Å². The Hall–Kier alpha value is -1.62. The molecule has 0 unspecified atom stereocenters. The topological polar surface area (TPSA) is 55.9 Å². The van der Waals surface area contributed by atoms with Gasteiger partial charge in [-0.05, 0) is 25.5 Å². The number of nitrogens with one attached hydrogen (secondary N) is 1. The second-order valence-corrected chi connectivity index (χ2v) is 4.36. The second-order valence-electron chi connectivity index (χ2n) is 4.36. The average molecular weight is 248 g/mol. The molecule has 0 spiro atoms. The normalized spacial score (nSPS) is 11.0. The lowest BCUT2D eigenvalue weighted by Gasteiger charge is -2.08. The predicted octanol–water partition coefficient (Wildman–Crippen LogP) is 1.92. The van der Waals surface area contributed by atoms with Crippen LogP contribution >= 0.6 is 0 Å². The lowest BCUT2D eigenvalue weighted by atomic mass is 10.3. The van der Waals surface area contributed by atoms with Gasteiger partial charge in [0.25, 0.3) is 0 Å². The van der Waals surface area contributed by atoms with Crippen LogP contribution in [0.25, 0.3) is 0 Å². The van der Waals surface area contributed by atoms with Crippen LogP contribution in [-0.4, -0.2) is 21.3 Å². The van der Waals surface area contributed by atoms with Gasteiger partial charge in [-0.1, -0.05) is 12.1 Å². The number of nitrogens with zero attached hydrogens (tertiary/aromatic N) is 3. The van der Waals surface area contributed by atoms with Gasteiger partial charge in [-0.2, -0.15) is 4.98 Å². The summed E-state index contributed by atoms with van der Waals surface area (Å²) in [5.41, 5.74) is 1.32. The Balaban J connectivity index is 1.73. The molecule has 0 saturated heterocycles. The van der Waals surface area contributed by atoms with Crippen molar-refractivity contribution < 1.29 is 4.52 Å². The molecule has 0 fully saturated rings. The SMILES string of the molecule is CCCn1cccc1CNCCc1nc(C)no1. The highest BCUT2D eigenvalue weighted by molar-refractivity contribution is 5.06. The zero-order chi connectivity index (χ0) is 12.8. The van der Waals surface area contributed by atoms with E-state index >= 15 is 0 Å². The maximum atomic E-state index is 5.06.